The number of rotatable bonds is 3. The molecule has 0 aromatic carbocycles. The van der Waals surface area contributed by atoms with Gasteiger partial charge >= 0.3 is 0 Å². The first-order valence-corrected chi connectivity index (χ1v) is 8.76. The van der Waals surface area contributed by atoms with E-state index in [0.717, 1.165) is 56.2 Å². The molecule has 0 aliphatic carbocycles. The lowest BCUT2D eigenvalue weighted by atomic mass is 9.95. The minimum Gasteiger partial charge on any atom is -0.468 e. The quantitative estimate of drug-likeness (QED) is 0.866. The Kier molecular flexibility index (Phi) is 4.14. The molecule has 0 radical (unpaired) electrons. The Morgan fingerprint density at radius 1 is 1.33 bits per heavy atom. The average Bonchev–Trinajstić information content (AvgIpc) is 3.25. The maximum Gasteiger partial charge on any atom is 0.233 e. The summed E-state index contributed by atoms with van der Waals surface area (Å²) in [5.74, 6) is 1.05. The van der Waals surface area contributed by atoms with Gasteiger partial charge in [-0.2, -0.15) is 0 Å². The first-order chi connectivity index (χ1) is 11.7. The van der Waals surface area contributed by atoms with Gasteiger partial charge in [-0.05, 0) is 31.4 Å². The van der Waals surface area contributed by atoms with Crippen molar-refractivity contribution in [3.05, 3.63) is 41.9 Å². The highest BCUT2D eigenvalue weighted by molar-refractivity contribution is 5.84. The minimum absolute atomic E-state index is 0.130. The van der Waals surface area contributed by atoms with E-state index in [0.29, 0.717) is 6.54 Å². The van der Waals surface area contributed by atoms with Crippen molar-refractivity contribution in [3.8, 4) is 0 Å². The number of hydrogen-bond acceptors (Lipinski definition) is 4. The van der Waals surface area contributed by atoms with Crippen LogP contribution in [0.3, 0.4) is 0 Å². The van der Waals surface area contributed by atoms with Crippen LogP contribution in [0.4, 0.5) is 0 Å². The topological polar surface area (TPSA) is 54.5 Å². The molecule has 4 heterocycles. The Morgan fingerprint density at radius 3 is 2.92 bits per heavy atom. The summed E-state index contributed by atoms with van der Waals surface area (Å²) in [4.78, 5) is 22.0. The second-order valence-electron chi connectivity index (χ2n) is 6.87. The number of hydrogen-bond donors (Lipinski definition) is 0. The largest absolute Gasteiger partial charge is 0.468 e. The number of furan rings is 1. The van der Waals surface area contributed by atoms with Crippen LogP contribution in [-0.4, -0.2) is 44.9 Å². The van der Waals surface area contributed by atoms with E-state index in [1.807, 2.05) is 35.0 Å². The number of carbonyl (C=O) groups excluding carboxylic acids is 1. The van der Waals surface area contributed by atoms with Crippen molar-refractivity contribution in [1.29, 1.82) is 0 Å². The van der Waals surface area contributed by atoms with Gasteiger partial charge in [0.15, 0.2) is 0 Å². The number of fused-ring (bicyclic) bond motifs is 1. The predicted octanol–water partition coefficient (Wildman–Crippen LogP) is 2.12. The molecule has 1 atom stereocenters. The van der Waals surface area contributed by atoms with Gasteiger partial charge in [0.05, 0.1) is 36.4 Å². The summed E-state index contributed by atoms with van der Waals surface area (Å²) in [5, 5.41) is 0. The predicted molar refractivity (Wildman–Crippen MR) is 89.2 cm³/mol. The van der Waals surface area contributed by atoms with E-state index < -0.39 is 0 Å². The van der Waals surface area contributed by atoms with Gasteiger partial charge in [-0.25, -0.2) is 4.98 Å². The number of amides is 1. The zero-order valence-corrected chi connectivity index (χ0v) is 14.1. The van der Waals surface area contributed by atoms with Crippen LogP contribution >= 0.6 is 0 Å². The van der Waals surface area contributed by atoms with Crippen molar-refractivity contribution in [2.24, 2.45) is 7.05 Å². The number of aryl methyl sites for hydroxylation is 1. The molecule has 6 heteroatoms. The first kappa shape index (κ1) is 15.4. The van der Waals surface area contributed by atoms with E-state index in [2.05, 4.69) is 9.88 Å². The molecule has 0 saturated carbocycles. The van der Waals surface area contributed by atoms with Crippen LogP contribution in [-0.2, 0) is 24.9 Å². The molecule has 0 N–H and O–H groups in total. The van der Waals surface area contributed by atoms with Crippen molar-refractivity contribution in [2.75, 3.05) is 19.6 Å². The number of piperidine rings is 1. The van der Waals surface area contributed by atoms with Gasteiger partial charge < -0.3 is 13.9 Å². The maximum absolute atomic E-state index is 13.1. The number of carbonyl (C=O) groups is 1. The Morgan fingerprint density at radius 2 is 2.17 bits per heavy atom. The fourth-order valence-corrected chi connectivity index (χ4v) is 3.95. The van der Waals surface area contributed by atoms with E-state index >= 15 is 0 Å². The number of imidazole rings is 1. The highest BCUT2D eigenvalue weighted by atomic mass is 16.3. The molecule has 2 aliphatic rings. The van der Waals surface area contributed by atoms with E-state index in [4.69, 9.17) is 4.42 Å². The smallest absolute Gasteiger partial charge is 0.233 e. The van der Waals surface area contributed by atoms with E-state index in [1.54, 1.807) is 6.26 Å². The van der Waals surface area contributed by atoms with Crippen LogP contribution in [0.5, 0.6) is 0 Å². The zero-order chi connectivity index (χ0) is 16.5. The normalized spacial score (nSPS) is 21.7. The average molecular weight is 328 g/mol. The Hall–Kier alpha value is -2.08. The minimum atomic E-state index is -0.130. The molecule has 1 amide bonds. The molecule has 128 valence electrons. The second kappa shape index (κ2) is 6.43. The van der Waals surface area contributed by atoms with Gasteiger partial charge in [-0.3, -0.25) is 9.69 Å². The standard InChI is InChI=1S/C18H24N4O2/c1-20-13-19-16-12-21(10-14-6-5-9-24-14)11-15(17(16)20)18(23)22-7-3-2-4-8-22/h5-6,9,13,15H,2-4,7-8,10-12H2,1H3/t15-/m1/s1. The van der Waals surface area contributed by atoms with Gasteiger partial charge in [0.1, 0.15) is 5.76 Å². The van der Waals surface area contributed by atoms with Crippen molar-refractivity contribution in [1.82, 2.24) is 19.4 Å². The molecule has 2 aliphatic heterocycles. The van der Waals surface area contributed by atoms with Crippen molar-refractivity contribution in [2.45, 2.75) is 38.3 Å². The molecular weight excluding hydrogens is 304 g/mol. The van der Waals surface area contributed by atoms with Crippen LogP contribution < -0.4 is 0 Å². The lowest BCUT2D eigenvalue weighted by Gasteiger charge is -2.36. The molecule has 2 aromatic heterocycles. The van der Waals surface area contributed by atoms with E-state index in [-0.39, 0.29) is 11.8 Å². The fraction of sp³-hybridized carbons (Fsp3) is 0.556. The van der Waals surface area contributed by atoms with Crippen LogP contribution in [0.1, 0.15) is 42.3 Å². The van der Waals surface area contributed by atoms with Crippen molar-refractivity contribution in [3.63, 3.8) is 0 Å². The summed E-state index contributed by atoms with van der Waals surface area (Å²) >= 11 is 0. The summed E-state index contributed by atoms with van der Waals surface area (Å²) in [6.45, 7) is 3.98. The Bertz CT molecular complexity index is 701. The molecule has 2 aromatic rings. The van der Waals surface area contributed by atoms with Crippen LogP contribution in [0.15, 0.2) is 29.1 Å². The van der Waals surface area contributed by atoms with E-state index in [1.165, 1.54) is 6.42 Å². The van der Waals surface area contributed by atoms with Crippen molar-refractivity contribution < 1.29 is 9.21 Å². The fourth-order valence-electron chi connectivity index (χ4n) is 3.95. The highest BCUT2D eigenvalue weighted by Crippen LogP contribution is 2.30. The Balaban J connectivity index is 1.58. The molecule has 0 unspecified atom stereocenters. The van der Waals surface area contributed by atoms with Crippen LogP contribution in [0, 0.1) is 0 Å². The number of aromatic nitrogens is 2. The van der Waals surface area contributed by atoms with Crippen LogP contribution in [0.2, 0.25) is 0 Å². The van der Waals surface area contributed by atoms with Gasteiger partial charge in [-0.1, -0.05) is 0 Å². The maximum atomic E-state index is 13.1. The third-order valence-electron chi connectivity index (χ3n) is 5.13. The molecule has 6 nitrogen and oxygen atoms in total. The molecule has 1 fully saturated rings. The molecule has 24 heavy (non-hydrogen) atoms. The highest BCUT2D eigenvalue weighted by Gasteiger charge is 2.36. The lowest BCUT2D eigenvalue weighted by molar-refractivity contribution is -0.134. The van der Waals surface area contributed by atoms with Gasteiger partial charge in [0, 0.05) is 33.2 Å². The lowest BCUT2D eigenvalue weighted by Crippen LogP contribution is -2.45. The summed E-state index contributed by atoms with van der Waals surface area (Å²) < 4.78 is 7.50. The van der Waals surface area contributed by atoms with Gasteiger partial charge in [0.25, 0.3) is 0 Å². The summed E-state index contributed by atoms with van der Waals surface area (Å²) in [6.07, 6.45) is 7.00. The van der Waals surface area contributed by atoms with Gasteiger partial charge in [-0.15, -0.1) is 0 Å². The Labute approximate surface area is 142 Å². The monoisotopic (exact) mass is 328 g/mol. The SMILES string of the molecule is Cn1cnc2c1[C@H](C(=O)N1CCCCC1)CN(Cc1ccco1)C2. The van der Waals surface area contributed by atoms with E-state index in [9.17, 15) is 4.79 Å². The van der Waals surface area contributed by atoms with Gasteiger partial charge in [0.2, 0.25) is 5.91 Å². The van der Waals surface area contributed by atoms with Crippen molar-refractivity contribution >= 4 is 5.91 Å². The molecule has 0 spiro atoms. The third-order valence-corrected chi connectivity index (χ3v) is 5.13. The molecule has 1 saturated heterocycles. The third kappa shape index (κ3) is 2.86. The summed E-state index contributed by atoms with van der Waals surface area (Å²) in [5.41, 5.74) is 2.10. The molecule has 4 rings (SSSR count). The second-order valence-corrected chi connectivity index (χ2v) is 6.87. The summed E-state index contributed by atoms with van der Waals surface area (Å²) in [6, 6.07) is 3.89. The molecule has 0 bridgehead atoms. The molecular formula is C18H24N4O2. The van der Waals surface area contributed by atoms with Crippen LogP contribution in [0.25, 0.3) is 0 Å². The number of nitrogens with zero attached hydrogens (tertiary/aromatic N) is 4. The first-order valence-electron chi connectivity index (χ1n) is 8.76. The summed E-state index contributed by atoms with van der Waals surface area (Å²) in [7, 11) is 1.99. The zero-order valence-electron chi connectivity index (χ0n) is 14.1. The number of likely N-dealkylation sites (tertiary alicyclic amines) is 1.